The minimum Gasteiger partial charge on any atom is -0.383 e. The maximum Gasteiger partial charge on any atom is 0.489 e. The van der Waals surface area contributed by atoms with Crippen molar-refractivity contribution in [3.63, 3.8) is 0 Å². The van der Waals surface area contributed by atoms with Crippen LogP contribution in [0.2, 0.25) is 0 Å². The summed E-state index contributed by atoms with van der Waals surface area (Å²) in [5, 5.41) is 0. The fourth-order valence-corrected chi connectivity index (χ4v) is 6.39. The molecule has 2 heterocycles. The number of hydrogen-bond donors (Lipinski definition) is 1. The Bertz CT molecular complexity index is 1030. The normalized spacial score (nSPS) is 19.2. The van der Waals surface area contributed by atoms with Gasteiger partial charge in [-0.1, -0.05) is 129 Å². The van der Waals surface area contributed by atoms with Gasteiger partial charge in [0, 0.05) is 17.6 Å². The highest BCUT2D eigenvalue weighted by molar-refractivity contribution is 7.52. The van der Waals surface area contributed by atoms with E-state index in [0.717, 1.165) is 25.5 Å². The molecular formula is C31H55F2N4O6P. The Balaban J connectivity index is 1.44. The summed E-state index contributed by atoms with van der Waals surface area (Å²) in [6.45, 7) is 1.67. The molecular weight excluding hydrogens is 593 g/mol. The SMILES string of the molecule is CCCCCCCCCCCCCCCCCCCCCCOP(=O)(N=O)OC[C@@H]1CC(F)(F)[C@H](n2ccc(N)nc2=O)O1. The van der Waals surface area contributed by atoms with E-state index in [1.807, 2.05) is 0 Å². The van der Waals surface area contributed by atoms with Gasteiger partial charge in [-0.3, -0.25) is 13.6 Å². The van der Waals surface area contributed by atoms with Crippen LogP contribution in [0.5, 0.6) is 0 Å². The predicted molar refractivity (Wildman–Crippen MR) is 170 cm³/mol. The molecule has 1 aliphatic rings. The van der Waals surface area contributed by atoms with Gasteiger partial charge in [-0.05, 0) is 12.5 Å². The van der Waals surface area contributed by atoms with Gasteiger partial charge in [-0.15, -0.1) is 4.91 Å². The predicted octanol–water partition coefficient (Wildman–Crippen LogP) is 9.48. The number of alkyl halides is 2. The number of nitrogens with two attached hydrogens (primary N) is 1. The van der Waals surface area contributed by atoms with Gasteiger partial charge in [-0.2, -0.15) is 4.98 Å². The zero-order chi connectivity index (χ0) is 32.1. The first kappa shape index (κ1) is 38.4. The maximum atomic E-state index is 14.5. The number of nitroso groups, excluding NO2 is 1. The standard InChI is InChI=1S/C31H55F2N4O6P/c1-2-3-4-5-6-7-8-9-10-11-12-13-14-15-16-17-18-19-20-21-24-41-44(40,36-39)42-26-27-25-31(32,33)29(43-27)37-23-22-28(34)35-30(37)38/h22-23,27,29H,2-21,24-26H2,1H3,(H2,34,35,38)/t27-,29+,44?/m0/s1. The van der Waals surface area contributed by atoms with Crippen LogP contribution < -0.4 is 11.4 Å². The van der Waals surface area contributed by atoms with E-state index in [2.05, 4.69) is 16.9 Å². The van der Waals surface area contributed by atoms with Crippen LogP contribution in [0.4, 0.5) is 14.6 Å². The highest BCUT2D eigenvalue weighted by Gasteiger charge is 2.52. The average Bonchev–Trinajstić information content (AvgIpc) is 3.30. The number of aromatic nitrogens is 2. The Hall–Kier alpha value is -1.75. The van der Waals surface area contributed by atoms with E-state index in [-0.39, 0.29) is 12.4 Å². The zero-order valence-electron chi connectivity index (χ0n) is 26.6. The van der Waals surface area contributed by atoms with E-state index in [1.165, 1.54) is 109 Å². The summed E-state index contributed by atoms with van der Waals surface area (Å²) < 4.78 is 57.5. The number of rotatable bonds is 27. The van der Waals surface area contributed by atoms with E-state index >= 15 is 0 Å². The second kappa shape index (κ2) is 21.9. The van der Waals surface area contributed by atoms with Crippen molar-refractivity contribution in [3.05, 3.63) is 27.7 Å². The number of nitrogen functional groups attached to an aromatic ring is 1. The third-order valence-electron chi connectivity index (χ3n) is 8.06. The Morgan fingerprint density at radius 2 is 1.39 bits per heavy atom. The van der Waals surface area contributed by atoms with Crippen LogP contribution in [-0.2, 0) is 18.3 Å². The highest BCUT2D eigenvalue weighted by atomic mass is 31.2. The van der Waals surface area contributed by atoms with E-state index in [0.29, 0.717) is 11.0 Å². The molecule has 0 spiro atoms. The second-order valence-corrected chi connectivity index (χ2v) is 13.6. The number of anilines is 1. The number of ether oxygens (including phenoxy) is 1. The third-order valence-corrected chi connectivity index (χ3v) is 9.25. The van der Waals surface area contributed by atoms with Gasteiger partial charge in [0.05, 0.1) is 19.3 Å². The fourth-order valence-electron chi connectivity index (χ4n) is 5.50. The van der Waals surface area contributed by atoms with E-state index < -0.39 is 44.7 Å². The van der Waals surface area contributed by atoms with Gasteiger partial charge in [0.15, 0.2) is 0 Å². The van der Waals surface area contributed by atoms with Crippen LogP contribution in [0.3, 0.4) is 0 Å². The first-order valence-corrected chi connectivity index (χ1v) is 18.3. The molecule has 13 heteroatoms. The molecule has 2 N–H and O–H groups in total. The molecule has 0 aromatic carbocycles. The number of unbranched alkanes of at least 4 members (excludes halogenated alkanes) is 19. The largest absolute Gasteiger partial charge is 0.489 e. The van der Waals surface area contributed by atoms with Crippen LogP contribution in [0.1, 0.15) is 148 Å². The van der Waals surface area contributed by atoms with Crippen molar-refractivity contribution < 1.29 is 27.1 Å². The van der Waals surface area contributed by atoms with Gasteiger partial charge >= 0.3 is 13.4 Å². The Labute approximate surface area is 261 Å². The molecule has 3 atom stereocenters. The molecule has 2 rings (SSSR count). The van der Waals surface area contributed by atoms with Crippen molar-refractivity contribution in [2.75, 3.05) is 18.9 Å². The molecule has 1 aliphatic heterocycles. The lowest BCUT2D eigenvalue weighted by Crippen LogP contribution is -2.35. The number of halogens is 2. The first-order valence-electron chi connectivity index (χ1n) is 16.8. The summed E-state index contributed by atoms with van der Waals surface area (Å²) >= 11 is 0. The van der Waals surface area contributed by atoms with Crippen LogP contribution >= 0.6 is 7.75 Å². The van der Waals surface area contributed by atoms with Crippen molar-refractivity contribution >= 4 is 13.6 Å². The fraction of sp³-hybridized carbons (Fsp3) is 0.871. The molecule has 0 amide bonds. The Morgan fingerprint density at radius 3 is 1.84 bits per heavy atom. The molecule has 254 valence electrons. The number of hydrogen-bond acceptors (Lipinski definition) is 8. The van der Waals surface area contributed by atoms with Gasteiger partial charge in [-0.25, -0.2) is 18.1 Å². The van der Waals surface area contributed by atoms with Gasteiger partial charge in [0.2, 0.25) is 6.23 Å². The van der Waals surface area contributed by atoms with Crippen molar-refractivity contribution in [3.8, 4) is 0 Å². The number of nitrogens with zero attached hydrogens (tertiary/aromatic N) is 3. The Kier molecular flexibility index (Phi) is 19.1. The van der Waals surface area contributed by atoms with Crippen LogP contribution in [0.25, 0.3) is 0 Å². The Morgan fingerprint density at radius 1 is 0.909 bits per heavy atom. The third kappa shape index (κ3) is 15.5. The lowest BCUT2D eigenvalue weighted by molar-refractivity contribution is -0.119. The lowest BCUT2D eigenvalue weighted by Gasteiger charge is -2.19. The van der Waals surface area contributed by atoms with E-state index in [1.54, 1.807) is 0 Å². The van der Waals surface area contributed by atoms with Gasteiger partial charge in [0.25, 0.3) is 5.92 Å². The molecule has 0 bridgehead atoms. The molecule has 44 heavy (non-hydrogen) atoms. The summed E-state index contributed by atoms with van der Waals surface area (Å²) in [7, 11) is -4.35. The molecule has 0 radical (unpaired) electrons. The summed E-state index contributed by atoms with van der Waals surface area (Å²) in [5.74, 6) is -3.54. The van der Waals surface area contributed by atoms with Crippen LogP contribution in [-0.4, -0.2) is 34.8 Å². The minimum atomic E-state index is -4.35. The molecule has 0 aliphatic carbocycles. The van der Waals surface area contributed by atoms with Crippen molar-refractivity contribution in [2.45, 2.75) is 160 Å². The zero-order valence-corrected chi connectivity index (χ0v) is 27.5. The maximum absolute atomic E-state index is 14.5. The molecule has 1 saturated heterocycles. The average molecular weight is 649 g/mol. The molecule has 0 saturated carbocycles. The quantitative estimate of drug-likeness (QED) is 0.0566. The van der Waals surface area contributed by atoms with E-state index in [4.69, 9.17) is 19.5 Å². The minimum absolute atomic E-state index is 0.0127. The van der Waals surface area contributed by atoms with Gasteiger partial charge in [0.1, 0.15) is 5.82 Å². The van der Waals surface area contributed by atoms with E-state index in [9.17, 15) is 23.0 Å². The molecule has 1 unspecified atom stereocenters. The molecule has 1 aromatic heterocycles. The monoisotopic (exact) mass is 648 g/mol. The summed E-state index contributed by atoms with van der Waals surface area (Å²) in [5.41, 5.74) is 4.41. The topological polar surface area (TPSA) is 135 Å². The summed E-state index contributed by atoms with van der Waals surface area (Å²) in [6, 6.07) is 1.20. The second-order valence-electron chi connectivity index (χ2n) is 12.0. The van der Waals surface area contributed by atoms with Gasteiger partial charge < -0.3 is 10.5 Å². The van der Waals surface area contributed by atoms with Crippen LogP contribution in [0.15, 0.2) is 22.0 Å². The van der Waals surface area contributed by atoms with Crippen molar-refractivity contribution in [2.24, 2.45) is 4.95 Å². The molecule has 1 fully saturated rings. The molecule has 1 aromatic rings. The van der Waals surface area contributed by atoms with Crippen molar-refractivity contribution in [1.82, 2.24) is 9.55 Å². The molecule has 10 nitrogen and oxygen atoms in total. The van der Waals surface area contributed by atoms with Crippen molar-refractivity contribution in [1.29, 1.82) is 0 Å². The summed E-state index contributed by atoms with van der Waals surface area (Å²) in [4.78, 5) is 29.0. The highest BCUT2D eigenvalue weighted by Crippen LogP contribution is 2.51. The first-order chi connectivity index (χ1) is 21.2. The lowest BCUT2D eigenvalue weighted by atomic mass is 10.0. The smallest absolute Gasteiger partial charge is 0.383 e. The van der Waals surface area contributed by atoms with Crippen LogP contribution in [0, 0.1) is 4.91 Å². The summed E-state index contributed by atoms with van der Waals surface area (Å²) in [6.07, 6.45) is 22.2.